The van der Waals surface area contributed by atoms with Gasteiger partial charge in [-0.05, 0) is 19.1 Å². The number of ether oxygens (including phenoxy) is 2. The number of aliphatic hydroxyl groups is 3. The van der Waals surface area contributed by atoms with E-state index < -0.39 is 24.6 Å². The average molecular weight is 254 g/mol. The molecule has 3 N–H and O–H groups in total. The molecule has 0 amide bonds. The lowest BCUT2D eigenvalue weighted by atomic mass is 10.0. The Bertz CT molecular complexity index is 377. The molecule has 4 unspecified atom stereocenters. The molecular weight excluding hydrogens is 236 g/mol. The molecule has 18 heavy (non-hydrogen) atoms. The summed E-state index contributed by atoms with van der Waals surface area (Å²) < 4.78 is 10.9. The molecule has 0 saturated carbocycles. The fraction of sp³-hybridized carbons (Fsp3) is 0.538. The molecule has 1 fully saturated rings. The molecule has 0 aliphatic carbocycles. The van der Waals surface area contributed by atoms with Crippen LogP contribution < -0.4 is 4.74 Å². The summed E-state index contributed by atoms with van der Waals surface area (Å²) >= 11 is 0. The van der Waals surface area contributed by atoms with E-state index in [9.17, 15) is 10.2 Å². The summed E-state index contributed by atoms with van der Waals surface area (Å²) in [6.07, 6.45) is -3.34. The van der Waals surface area contributed by atoms with Crippen molar-refractivity contribution in [3.63, 3.8) is 0 Å². The quantitative estimate of drug-likeness (QED) is 0.718. The molecule has 5 heteroatoms. The smallest absolute Gasteiger partial charge is 0.202 e. The Morgan fingerprint density at radius 2 is 1.94 bits per heavy atom. The van der Waals surface area contributed by atoms with Crippen molar-refractivity contribution in [2.24, 2.45) is 0 Å². The van der Waals surface area contributed by atoms with E-state index >= 15 is 0 Å². The van der Waals surface area contributed by atoms with Crippen molar-refractivity contribution >= 4 is 0 Å². The molecule has 0 aromatic heterocycles. The van der Waals surface area contributed by atoms with Crippen molar-refractivity contribution in [3.05, 3.63) is 29.8 Å². The molecule has 2 rings (SSSR count). The molecule has 1 aromatic carbocycles. The van der Waals surface area contributed by atoms with Gasteiger partial charge in [-0.25, -0.2) is 0 Å². The van der Waals surface area contributed by atoms with Gasteiger partial charge >= 0.3 is 0 Å². The summed E-state index contributed by atoms with van der Waals surface area (Å²) in [6, 6.07) is 7.44. The largest absolute Gasteiger partial charge is 0.465 e. The number of aliphatic hydroxyl groups excluding tert-OH is 3. The highest BCUT2D eigenvalue weighted by Crippen LogP contribution is 2.23. The van der Waals surface area contributed by atoms with Crippen molar-refractivity contribution < 1.29 is 24.8 Å². The first-order chi connectivity index (χ1) is 8.60. The summed E-state index contributed by atoms with van der Waals surface area (Å²) in [5.74, 6) is 0.630. The molecule has 1 aromatic rings. The third kappa shape index (κ3) is 3.00. The highest BCUT2D eigenvalue weighted by Gasteiger charge is 2.37. The highest BCUT2D eigenvalue weighted by molar-refractivity contribution is 5.26. The predicted octanol–water partition coefficient (Wildman–Crippen LogP) is 0.203. The van der Waals surface area contributed by atoms with Gasteiger partial charge in [-0.15, -0.1) is 0 Å². The molecule has 1 heterocycles. The van der Waals surface area contributed by atoms with Gasteiger partial charge in [0.15, 0.2) is 0 Å². The van der Waals surface area contributed by atoms with Gasteiger partial charge in [0.2, 0.25) is 6.29 Å². The molecule has 5 nitrogen and oxygen atoms in total. The lowest BCUT2D eigenvalue weighted by molar-refractivity contribution is -0.229. The second kappa shape index (κ2) is 5.67. The first kappa shape index (κ1) is 13.3. The van der Waals surface area contributed by atoms with Gasteiger partial charge in [0, 0.05) is 6.42 Å². The highest BCUT2D eigenvalue weighted by atomic mass is 16.7. The number of hydrogen-bond donors (Lipinski definition) is 3. The molecule has 4 atom stereocenters. The van der Waals surface area contributed by atoms with E-state index in [-0.39, 0.29) is 13.0 Å². The molecular formula is C13H18O5. The minimum Gasteiger partial charge on any atom is -0.465 e. The molecule has 0 bridgehead atoms. The number of rotatable bonds is 3. The molecule has 0 spiro atoms. The van der Waals surface area contributed by atoms with Crippen LogP contribution in [0.3, 0.4) is 0 Å². The van der Waals surface area contributed by atoms with Crippen LogP contribution in [0.25, 0.3) is 0 Å². The zero-order chi connectivity index (χ0) is 13.1. The maximum absolute atomic E-state index is 9.65. The topological polar surface area (TPSA) is 79.2 Å². The maximum atomic E-state index is 9.65. The zero-order valence-electron chi connectivity index (χ0n) is 10.2. The van der Waals surface area contributed by atoms with Gasteiger partial charge < -0.3 is 24.8 Å². The van der Waals surface area contributed by atoms with E-state index in [4.69, 9.17) is 14.6 Å². The lowest BCUT2D eigenvalue weighted by Crippen LogP contribution is -2.51. The van der Waals surface area contributed by atoms with Crippen LogP contribution in [0.2, 0.25) is 0 Å². The van der Waals surface area contributed by atoms with Gasteiger partial charge in [0.05, 0.1) is 12.7 Å². The van der Waals surface area contributed by atoms with Gasteiger partial charge in [-0.3, -0.25) is 0 Å². The van der Waals surface area contributed by atoms with E-state index in [0.29, 0.717) is 5.75 Å². The molecule has 1 aliphatic heterocycles. The van der Waals surface area contributed by atoms with Crippen LogP contribution in [-0.2, 0) is 4.74 Å². The van der Waals surface area contributed by atoms with E-state index in [2.05, 4.69) is 0 Å². The first-order valence-electron chi connectivity index (χ1n) is 5.96. The number of hydrogen-bond acceptors (Lipinski definition) is 5. The predicted molar refractivity (Wildman–Crippen MR) is 64.2 cm³/mol. The van der Waals surface area contributed by atoms with Gasteiger partial charge in [-0.1, -0.05) is 17.7 Å². The number of benzene rings is 1. The summed E-state index contributed by atoms with van der Waals surface area (Å²) in [6.45, 7) is 1.62. The Kier molecular flexibility index (Phi) is 4.19. The molecule has 100 valence electrons. The van der Waals surface area contributed by atoms with Crippen molar-refractivity contribution in [1.82, 2.24) is 0 Å². The summed E-state index contributed by atoms with van der Waals surface area (Å²) in [5.41, 5.74) is 1.12. The van der Waals surface area contributed by atoms with Crippen LogP contribution in [0.5, 0.6) is 5.75 Å². The van der Waals surface area contributed by atoms with E-state index in [1.165, 1.54) is 0 Å². The van der Waals surface area contributed by atoms with Crippen molar-refractivity contribution in [2.45, 2.75) is 37.9 Å². The summed E-state index contributed by atoms with van der Waals surface area (Å²) in [4.78, 5) is 0. The van der Waals surface area contributed by atoms with Crippen LogP contribution in [0.15, 0.2) is 24.3 Å². The molecule has 0 radical (unpaired) electrons. The first-order valence-corrected chi connectivity index (χ1v) is 5.96. The lowest BCUT2D eigenvalue weighted by Gasteiger charge is -2.36. The van der Waals surface area contributed by atoms with Crippen molar-refractivity contribution in [1.29, 1.82) is 0 Å². The van der Waals surface area contributed by atoms with Gasteiger partial charge in [-0.2, -0.15) is 0 Å². The molecule has 1 saturated heterocycles. The standard InChI is InChI=1S/C13H18O5/c1-8-2-4-9(5-3-8)17-12-6-10(15)13(16)11(7-14)18-12/h2-5,10-16H,6-7H2,1H3. The Balaban J connectivity index is 1.99. The van der Waals surface area contributed by atoms with E-state index in [0.717, 1.165) is 5.56 Å². The monoisotopic (exact) mass is 254 g/mol. The van der Waals surface area contributed by atoms with Crippen LogP contribution >= 0.6 is 0 Å². The fourth-order valence-electron chi connectivity index (χ4n) is 1.91. The summed E-state index contributed by atoms with van der Waals surface area (Å²) in [7, 11) is 0. The van der Waals surface area contributed by atoms with Crippen molar-refractivity contribution in [2.75, 3.05) is 6.61 Å². The molecule has 1 aliphatic rings. The fourth-order valence-corrected chi connectivity index (χ4v) is 1.91. The van der Waals surface area contributed by atoms with E-state index in [1.807, 2.05) is 31.2 Å². The Labute approximate surface area is 106 Å². The van der Waals surface area contributed by atoms with Gasteiger partial charge in [0.1, 0.15) is 18.0 Å². The zero-order valence-corrected chi connectivity index (χ0v) is 10.2. The summed E-state index contributed by atoms with van der Waals surface area (Å²) in [5, 5.41) is 28.3. The SMILES string of the molecule is Cc1ccc(OC2CC(O)C(O)C(CO)O2)cc1. The Morgan fingerprint density at radius 3 is 2.56 bits per heavy atom. The van der Waals surface area contributed by atoms with Gasteiger partial charge in [0.25, 0.3) is 0 Å². The third-order valence-electron chi connectivity index (χ3n) is 3.00. The Morgan fingerprint density at radius 1 is 1.28 bits per heavy atom. The minimum absolute atomic E-state index is 0.172. The van der Waals surface area contributed by atoms with Crippen LogP contribution in [0.1, 0.15) is 12.0 Å². The minimum atomic E-state index is -1.08. The second-order valence-corrected chi connectivity index (χ2v) is 4.51. The average Bonchev–Trinajstić information content (AvgIpc) is 2.36. The maximum Gasteiger partial charge on any atom is 0.202 e. The normalized spacial score (nSPS) is 32.2. The Hall–Kier alpha value is -1.14. The van der Waals surface area contributed by atoms with Crippen LogP contribution in [-0.4, -0.2) is 46.5 Å². The third-order valence-corrected chi connectivity index (χ3v) is 3.00. The number of aryl methyl sites for hydroxylation is 1. The van der Waals surface area contributed by atoms with Crippen LogP contribution in [0.4, 0.5) is 0 Å². The van der Waals surface area contributed by atoms with Crippen LogP contribution in [0, 0.1) is 6.92 Å². The van der Waals surface area contributed by atoms with E-state index in [1.54, 1.807) is 0 Å². The second-order valence-electron chi connectivity index (χ2n) is 4.51. The van der Waals surface area contributed by atoms with Crippen molar-refractivity contribution in [3.8, 4) is 5.75 Å².